The van der Waals surface area contributed by atoms with Crippen molar-refractivity contribution in [2.75, 3.05) is 13.7 Å². The molecule has 0 spiro atoms. The zero-order valence-corrected chi connectivity index (χ0v) is 14.7. The number of hydrogen-bond donors (Lipinski definition) is 0. The maximum absolute atomic E-state index is 12.7. The molecular formula is C15H15ClN4O3S. The van der Waals surface area contributed by atoms with E-state index in [-0.39, 0.29) is 5.56 Å². The van der Waals surface area contributed by atoms with Gasteiger partial charge in [-0.05, 0) is 25.1 Å². The third-order valence-electron chi connectivity index (χ3n) is 3.30. The predicted molar refractivity (Wildman–Crippen MR) is 91.5 cm³/mol. The van der Waals surface area contributed by atoms with Gasteiger partial charge in [0.1, 0.15) is 0 Å². The Kier molecular flexibility index (Phi) is 5.17. The van der Waals surface area contributed by atoms with Crippen molar-refractivity contribution < 1.29 is 9.26 Å². The van der Waals surface area contributed by atoms with Gasteiger partial charge >= 0.3 is 0 Å². The van der Waals surface area contributed by atoms with Gasteiger partial charge < -0.3 is 9.26 Å². The summed E-state index contributed by atoms with van der Waals surface area (Å²) in [5.41, 5.74) is 0.434. The second kappa shape index (κ2) is 7.33. The zero-order valence-electron chi connectivity index (χ0n) is 13.2. The maximum Gasteiger partial charge on any atom is 0.262 e. The van der Waals surface area contributed by atoms with Gasteiger partial charge in [-0.1, -0.05) is 28.5 Å². The van der Waals surface area contributed by atoms with Gasteiger partial charge in [-0.25, -0.2) is 4.98 Å². The van der Waals surface area contributed by atoms with Crippen molar-refractivity contribution in [3.63, 3.8) is 0 Å². The molecule has 0 bridgehead atoms. The first-order valence-electron chi connectivity index (χ1n) is 7.19. The highest BCUT2D eigenvalue weighted by Crippen LogP contribution is 2.23. The first-order valence-corrected chi connectivity index (χ1v) is 8.56. The maximum atomic E-state index is 12.7. The number of ether oxygens (including phenoxy) is 1. The van der Waals surface area contributed by atoms with E-state index in [9.17, 15) is 4.79 Å². The van der Waals surface area contributed by atoms with Crippen LogP contribution in [0.5, 0.6) is 0 Å². The van der Waals surface area contributed by atoms with E-state index in [0.717, 1.165) is 0 Å². The molecule has 2 heterocycles. The van der Waals surface area contributed by atoms with Gasteiger partial charge in [-0.3, -0.25) is 9.36 Å². The molecule has 24 heavy (non-hydrogen) atoms. The predicted octanol–water partition coefficient (Wildman–Crippen LogP) is 2.68. The van der Waals surface area contributed by atoms with Crippen LogP contribution in [0.1, 0.15) is 11.7 Å². The summed E-state index contributed by atoms with van der Waals surface area (Å²) in [5.74, 6) is 1.48. The lowest BCUT2D eigenvalue weighted by atomic mass is 10.2. The van der Waals surface area contributed by atoms with E-state index in [1.165, 1.54) is 11.8 Å². The SMILES string of the molecule is COCCn1c(SCc2nc(C)no2)nc2cc(Cl)ccc2c1=O. The molecule has 0 fully saturated rings. The number of methoxy groups -OCH3 is 1. The largest absolute Gasteiger partial charge is 0.383 e. The summed E-state index contributed by atoms with van der Waals surface area (Å²) in [4.78, 5) is 21.5. The summed E-state index contributed by atoms with van der Waals surface area (Å²) in [6.07, 6.45) is 0. The Morgan fingerprint density at radius 1 is 1.38 bits per heavy atom. The fourth-order valence-corrected chi connectivity index (χ4v) is 3.22. The van der Waals surface area contributed by atoms with E-state index < -0.39 is 0 Å². The number of rotatable bonds is 6. The van der Waals surface area contributed by atoms with Crippen LogP contribution in [0, 0.1) is 6.92 Å². The van der Waals surface area contributed by atoms with Gasteiger partial charge in [-0.2, -0.15) is 4.98 Å². The molecule has 7 nitrogen and oxygen atoms in total. The van der Waals surface area contributed by atoms with E-state index in [2.05, 4.69) is 15.1 Å². The first kappa shape index (κ1) is 16.9. The van der Waals surface area contributed by atoms with Gasteiger partial charge in [0, 0.05) is 12.1 Å². The molecule has 0 aliphatic carbocycles. The molecule has 0 saturated heterocycles. The van der Waals surface area contributed by atoms with Crippen molar-refractivity contribution in [3.05, 3.63) is 45.3 Å². The summed E-state index contributed by atoms with van der Waals surface area (Å²) >= 11 is 7.37. The Morgan fingerprint density at radius 3 is 2.92 bits per heavy atom. The fraction of sp³-hybridized carbons (Fsp3) is 0.333. The summed E-state index contributed by atoms with van der Waals surface area (Å²) < 4.78 is 11.8. The molecule has 1 aromatic carbocycles. The van der Waals surface area contributed by atoms with Gasteiger partial charge in [0.15, 0.2) is 11.0 Å². The Hall–Kier alpha value is -1.90. The van der Waals surface area contributed by atoms with E-state index in [0.29, 0.717) is 51.7 Å². The first-order chi connectivity index (χ1) is 11.6. The second-order valence-corrected chi connectivity index (χ2v) is 6.41. The van der Waals surface area contributed by atoms with E-state index in [4.69, 9.17) is 20.9 Å². The van der Waals surface area contributed by atoms with Crippen molar-refractivity contribution in [1.82, 2.24) is 19.7 Å². The van der Waals surface area contributed by atoms with Crippen LogP contribution >= 0.6 is 23.4 Å². The molecule has 126 valence electrons. The van der Waals surface area contributed by atoms with Crippen LogP contribution in [0.25, 0.3) is 10.9 Å². The molecule has 3 aromatic rings. The van der Waals surface area contributed by atoms with Crippen molar-refractivity contribution in [3.8, 4) is 0 Å². The standard InChI is InChI=1S/C15H15ClN4O3S/c1-9-17-13(23-19-9)8-24-15-18-12-7-10(16)3-4-11(12)14(21)20(15)5-6-22-2/h3-4,7H,5-6,8H2,1-2H3. The smallest absolute Gasteiger partial charge is 0.262 e. The topological polar surface area (TPSA) is 83.0 Å². The molecule has 0 radical (unpaired) electrons. The Balaban J connectivity index is 2.00. The van der Waals surface area contributed by atoms with Gasteiger partial charge in [-0.15, -0.1) is 0 Å². The molecular weight excluding hydrogens is 352 g/mol. The summed E-state index contributed by atoms with van der Waals surface area (Å²) in [6.45, 7) is 2.57. The van der Waals surface area contributed by atoms with Gasteiger partial charge in [0.2, 0.25) is 5.89 Å². The lowest BCUT2D eigenvalue weighted by Gasteiger charge is -2.12. The Labute approximate surface area is 147 Å². The number of halogens is 1. The van der Waals surface area contributed by atoms with Crippen molar-refractivity contribution in [2.45, 2.75) is 24.4 Å². The average Bonchev–Trinajstić information content (AvgIpc) is 2.97. The quantitative estimate of drug-likeness (QED) is 0.490. The van der Waals surface area contributed by atoms with Crippen LogP contribution in [-0.2, 0) is 17.0 Å². The lowest BCUT2D eigenvalue weighted by molar-refractivity contribution is 0.183. The van der Waals surface area contributed by atoms with E-state index in [1.807, 2.05) is 0 Å². The molecule has 9 heteroatoms. The minimum absolute atomic E-state index is 0.127. The molecule has 0 aliphatic rings. The molecule has 0 saturated carbocycles. The molecule has 0 amide bonds. The van der Waals surface area contributed by atoms with Crippen molar-refractivity contribution >= 4 is 34.3 Å². The molecule has 0 atom stereocenters. The second-order valence-electron chi connectivity index (χ2n) is 5.03. The van der Waals surface area contributed by atoms with Crippen molar-refractivity contribution in [2.24, 2.45) is 0 Å². The third-order valence-corrected chi connectivity index (χ3v) is 4.49. The van der Waals surface area contributed by atoms with E-state index >= 15 is 0 Å². The molecule has 2 aromatic heterocycles. The number of hydrogen-bond acceptors (Lipinski definition) is 7. The average molecular weight is 367 g/mol. The number of aromatic nitrogens is 4. The Bertz CT molecular complexity index is 925. The molecule has 0 N–H and O–H groups in total. The van der Waals surface area contributed by atoms with Crippen LogP contribution in [0.15, 0.2) is 32.7 Å². The number of nitrogens with zero attached hydrogens (tertiary/aromatic N) is 4. The van der Waals surface area contributed by atoms with Crippen LogP contribution in [-0.4, -0.2) is 33.4 Å². The minimum Gasteiger partial charge on any atom is -0.383 e. The summed E-state index contributed by atoms with van der Waals surface area (Å²) in [6, 6.07) is 5.05. The minimum atomic E-state index is -0.127. The molecule has 0 aliphatic heterocycles. The summed E-state index contributed by atoms with van der Waals surface area (Å²) in [7, 11) is 1.59. The van der Waals surface area contributed by atoms with Gasteiger partial charge in [0.25, 0.3) is 5.56 Å². The van der Waals surface area contributed by atoms with E-state index in [1.54, 1.807) is 36.8 Å². The molecule has 0 unspecified atom stereocenters. The summed E-state index contributed by atoms with van der Waals surface area (Å²) in [5, 5.41) is 5.37. The van der Waals surface area contributed by atoms with Crippen LogP contribution in [0.2, 0.25) is 5.02 Å². The number of aryl methyl sites for hydroxylation is 1. The monoisotopic (exact) mass is 366 g/mol. The number of thioether (sulfide) groups is 1. The fourth-order valence-electron chi connectivity index (χ4n) is 2.19. The number of fused-ring (bicyclic) bond motifs is 1. The highest BCUT2D eigenvalue weighted by Gasteiger charge is 2.13. The lowest BCUT2D eigenvalue weighted by Crippen LogP contribution is -2.25. The van der Waals surface area contributed by atoms with Crippen LogP contribution < -0.4 is 5.56 Å². The molecule has 3 rings (SSSR count). The van der Waals surface area contributed by atoms with Gasteiger partial charge in [0.05, 0.1) is 29.8 Å². The normalized spacial score (nSPS) is 11.3. The van der Waals surface area contributed by atoms with Crippen LogP contribution in [0.4, 0.5) is 0 Å². The number of benzene rings is 1. The third kappa shape index (κ3) is 3.61. The van der Waals surface area contributed by atoms with Crippen molar-refractivity contribution in [1.29, 1.82) is 0 Å². The highest BCUT2D eigenvalue weighted by atomic mass is 35.5. The Morgan fingerprint density at radius 2 is 2.21 bits per heavy atom. The highest BCUT2D eigenvalue weighted by molar-refractivity contribution is 7.98. The van der Waals surface area contributed by atoms with Crippen LogP contribution in [0.3, 0.4) is 0 Å². The zero-order chi connectivity index (χ0) is 17.1.